The van der Waals surface area contributed by atoms with Gasteiger partial charge in [0.15, 0.2) is 0 Å². The molecule has 1 fully saturated rings. The summed E-state index contributed by atoms with van der Waals surface area (Å²) < 4.78 is 5.41. The smallest absolute Gasteiger partial charge is 0.295 e. The van der Waals surface area contributed by atoms with Gasteiger partial charge in [-0.15, -0.1) is 6.58 Å². The third-order valence-corrected chi connectivity index (χ3v) is 4.78. The number of nitro groups is 1. The van der Waals surface area contributed by atoms with Crippen LogP contribution in [0.5, 0.6) is 5.75 Å². The van der Waals surface area contributed by atoms with Gasteiger partial charge < -0.3 is 14.7 Å². The molecule has 1 saturated heterocycles. The largest absolute Gasteiger partial charge is 0.507 e. The van der Waals surface area contributed by atoms with E-state index < -0.39 is 22.7 Å². The molecule has 0 aromatic heterocycles. The SMILES string of the molecule is C=CCOc1ccc(C(O)=C2C(=O)C(=O)N(CC=C)[C@@H]2c2ccc([N+](=O)[O-])cc2)cc1. The maximum absolute atomic E-state index is 12.8. The minimum absolute atomic E-state index is 0.0668. The third-order valence-electron chi connectivity index (χ3n) is 4.78. The summed E-state index contributed by atoms with van der Waals surface area (Å²) in [6.45, 7) is 7.57. The Balaban J connectivity index is 2.08. The number of nitro benzene ring substituents is 1. The zero-order valence-corrected chi connectivity index (χ0v) is 16.6. The van der Waals surface area contributed by atoms with Crippen molar-refractivity contribution in [3.63, 3.8) is 0 Å². The van der Waals surface area contributed by atoms with Crippen LogP contribution < -0.4 is 4.74 Å². The second-order valence-electron chi connectivity index (χ2n) is 6.71. The summed E-state index contributed by atoms with van der Waals surface area (Å²) in [7, 11) is 0. The number of hydrogen-bond donors (Lipinski definition) is 1. The Kier molecular flexibility index (Phi) is 6.30. The van der Waals surface area contributed by atoms with Crippen molar-refractivity contribution in [3.05, 3.63) is 101 Å². The van der Waals surface area contributed by atoms with Gasteiger partial charge in [0.2, 0.25) is 0 Å². The van der Waals surface area contributed by atoms with Crippen molar-refractivity contribution in [1.29, 1.82) is 0 Å². The lowest BCUT2D eigenvalue weighted by atomic mass is 9.95. The fourth-order valence-electron chi connectivity index (χ4n) is 3.35. The van der Waals surface area contributed by atoms with E-state index in [2.05, 4.69) is 13.2 Å². The number of Topliss-reactive ketones (excluding diaryl/α,β-unsaturated/α-hetero) is 1. The number of non-ortho nitro benzene ring substituents is 1. The number of hydrogen-bond acceptors (Lipinski definition) is 6. The average Bonchev–Trinajstić information content (AvgIpc) is 3.03. The topological polar surface area (TPSA) is 110 Å². The molecule has 0 radical (unpaired) electrons. The summed E-state index contributed by atoms with van der Waals surface area (Å²) >= 11 is 0. The number of carbonyl (C=O) groups excluding carboxylic acids is 2. The van der Waals surface area contributed by atoms with Gasteiger partial charge in [0.25, 0.3) is 17.4 Å². The van der Waals surface area contributed by atoms with Crippen molar-refractivity contribution in [2.75, 3.05) is 13.2 Å². The van der Waals surface area contributed by atoms with Gasteiger partial charge in [-0.25, -0.2) is 0 Å². The van der Waals surface area contributed by atoms with Gasteiger partial charge in [0.1, 0.15) is 18.1 Å². The molecule has 1 atom stereocenters. The first-order chi connectivity index (χ1) is 14.9. The number of ether oxygens (including phenoxy) is 1. The first-order valence-corrected chi connectivity index (χ1v) is 9.36. The number of nitrogens with zero attached hydrogens (tertiary/aromatic N) is 2. The fraction of sp³-hybridized carbons (Fsp3) is 0.130. The molecule has 8 heteroatoms. The Morgan fingerprint density at radius 3 is 2.29 bits per heavy atom. The molecule has 0 aliphatic carbocycles. The Morgan fingerprint density at radius 2 is 1.74 bits per heavy atom. The van der Waals surface area contributed by atoms with Crippen LogP contribution in [0.2, 0.25) is 0 Å². The number of carbonyl (C=O) groups is 2. The highest BCUT2D eigenvalue weighted by atomic mass is 16.6. The van der Waals surface area contributed by atoms with Gasteiger partial charge in [0, 0.05) is 24.2 Å². The minimum Gasteiger partial charge on any atom is -0.507 e. The minimum atomic E-state index is -0.907. The maximum atomic E-state index is 12.8. The van der Waals surface area contributed by atoms with Gasteiger partial charge in [-0.2, -0.15) is 0 Å². The molecule has 0 bridgehead atoms. The molecule has 1 aliphatic rings. The van der Waals surface area contributed by atoms with E-state index in [1.54, 1.807) is 30.3 Å². The van der Waals surface area contributed by atoms with E-state index in [1.807, 2.05) is 0 Å². The van der Waals surface area contributed by atoms with E-state index in [1.165, 1.54) is 35.2 Å². The van der Waals surface area contributed by atoms with Crippen LogP contribution in [0.3, 0.4) is 0 Å². The van der Waals surface area contributed by atoms with E-state index >= 15 is 0 Å². The number of rotatable bonds is 8. The highest BCUT2D eigenvalue weighted by Gasteiger charge is 2.45. The molecule has 1 N–H and O–H groups in total. The van der Waals surface area contributed by atoms with Crippen LogP contribution in [0.15, 0.2) is 79.4 Å². The van der Waals surface area contributed by atoms with Crippen molar-refractivity contribution in [1.82, 2.24) is 4.90 Å². The van der Waals surface area contributed by atoms with Crippen LogP contribution in [0.4, 0.5) is 5.69 Å². The molecule has 0 saturated carbocycles. The lowest BCUT2D eigenvalue weighted by Gasteiger charge is -2.24. The normalized spacial score (nSPS) is 17.4. The summed E-state index contributed by atoms with van der Waals surface area (Å²) in [5, 5.41) is 21.9. The molecule has 1 heterocycles. The van der Waals surface area contributed by atoms with Gasteiger partial charge >= 0.3 is 0 Å². The lowest BCUT2D eigenvalue weighted by Crippen LogP contribution is -2.29. The lowest BCUT2D eigenvalue weighted by molar-refractivity contribution is -0.384. The van der Waals surface area contributed by atoms with E-state index in [4.69, 9.17) is 4.74 Å². The summed E-state index contributed by atoms with van der Waals surface area (Å²) in [5.41, 5.74) is 0.564. The van der Waals surface area contributed by atoms with Crippen LogP contribution in [0, 0.1) is 10.1 Å². The molecular formula is C23H20N2O6. The fourth-order valence-corrected chi connectivity index (χ4v) is 3.35. The Morgan fingerprint density at radius 1 is 1.10 bits per heavy atom. The monoisotopic (exact) mass is 420 g/mol. The van der Waals surface area contributed by atoms with E-state index in [-0.39, 0.29) is 23.6 Å². The van der Waals surface area contributed by atoms with Crippen LogP contribution >= 0.6 is 0 Å². The second-order valence-corrected chi connectivity index (χ2v) is 6.71. The molecule has 1 aliphatic heterocycles. The summed E-state index contributed by atoms with van der Waals surface area (Å²) in [6, 6.07) is 11.0. The summed E-state index contributed by atoms with van der Waals surface area (Å²) in [4.78, 5) is 37.1. The van der Waals surface area contributed by atoms with E-state index in [0.717, 1.165) is 0 Å². The maximum Gasteiger partial charge on any atom is 0.295 e. The number of amides is 1. The van der Waals surface area contributed by atoms with Gasteiger partial charge in [0.05, 0.1) is 16.5 Å². The molecule has 1 amide bonds. The number of likely N-dealkylation sites (tertiary alicyclic amines) is 1. The average molecular weight is 420 g/mol. The van der Waals surface area contributed by atoms with Crippen molar-refractivity contribution < 1.29 is 24.4 Å². The van der Waals surface area contributed by atoms with Crippen LogP contribution in [0.25, 0.3) is 5.76 Å². The molecule has 2 aromatic carbocycles. The Bertz CT molecular complexity index is 1070. The predicted molar refractivity (Wildman–Crippen MR) is 114 cm³/mol. The molecule has 158 valence electrons. The molecule has 8 nitrogen and oxygen atoms in total. The van der Waals surface area contributed by atoms with Crippen LogP contribution in [-0.4, -0.2) is 39.8 Å². The van der Waals surface area contributed by atoms with Crippen molar-refractivity contribution in [2.24, 2.45) is 0 Å². The first-order valence-electron chi connectivity index (χ1n) is 9.36. The molecule has 3 rings (SSSR count). The quantitative estimate of drug-likeness (QED) is 0.174. The number of ketones is 1. The van der Waals surface area contributed by atoms with Gasteiger partial charge in [-0.05, 0) is 42.0 Å². The number of aliphatic hydroxyl groups excluding tert-OH is 1. The van der Waals surface area contributed by atoms with Crippen molar-refractivity contribution in [2.45, 2.75) is 6.04 Å². The first kappa shape index (κ1) is 21.5. The Labute approximate surface area is 178 Å². The summed E-state index contributed by atoms with van der Waals surface area (Å²) in [6.07, 6.45) is 3.06. The highest BCUT2D eigenvalue weighted by molar-refractivity contribution is 6.46. The number of aliphatic hydroxyl groups is 1. The highest BCUT2D eigenvalue weighted by Crippen LogP contribution is 2.39. The summed E-state index contributed by atoms with van der Waals surface area (Å²) in [5.74, 6) is -1.41. The Hall–Kier alpha value is -4.20. The third kappa shape index (κ3) is 4.23. The predicted octanol–water partition coefficient (Wildman–Crippen LogP) is 3.77. The molecule has 0 spiro atoms. The second kappa shape index (κ2) is 9.08. The van der Waals surface area contributed by atoms with E-state index in [0.29, 0.717) is 23.5 Å². The van der Waals surface area contributed by atoms with E-state index in [9.17, 15) is 24.8 Å². The van der Waals surface area contributed by atoms with Gasteiger partial charge in [-0.1, -0.05) is 18.7 Å². The van der Waals surface area contributed by atoms with Crippen LogP contribution in [-0.2, 0) is 9.59 Å². The van der Waals surface area contributed by atoms with Crippen molar-refractivity contribution >= 4 is 23.1 Å². The van der Waals surface area contributed by atoms with Gasteiger partial charge in [-0.3, -0.25) is 19.7 Å². The molecule has 31 heavy (non-hydrogen) atoms. The zero-order valence-electron chi connectivity index (χ0n) is 16.6. The van der Waals surface area contributed by atoms with Crippen LogP contribution in [0.1, 0.15) is 17.2 Å². The number of benzene rings is 2. The zero-order chi connectivity index (χ0) is 22.5. The van der Waals surface area contributed by atoms with Crippen molar-refractivity contribution in [3.8, 4) is 5.75 Å². The molecular weight excluding hydrogens is 400 g/mol. The molecule has 0 unspecified atom stereocenters. The molecule has 2 aromatic rings. The standard InChI is InChI=1S/C23H20N2O6/c1-3-13-24-20(15-5-9-17(10-6-15)25(29)30)19(22(27)23(24)28)21(26)16-7-11-18(12-8-16)31-14-4-2/h3-12,20,26H,1-2,13-14H2/t20-/m1/s1.